The molecule has 15 nitrogen and oxygen atoms in total. The van der Waals surface area contributed by atoms with Crippen LogP contribution >= 0.6 is 0 Å². The van der Waals surface area contributed by atoms with Crippen molar-refractivity contribution in [3.8, 4) is 0 Å². The van der Waals surface area contributed by atoms with Crippen LogP contribution in [0, 0.1) is 13.8 Å². The normalized spacial score (nSPS) is 29.3. The molecule has 0 aromatic carbocycles. The number of aryl methyl sites for hydroxylation is 2. The second-order valence-electron chi connectivity index (χ2n) is 10.1. The Morgan fingerprint density at radius 2 is 1.10 bits per heavy atom. The molecular weight excluding hydrogens is 548 g/mol. The fraction of sp³-hybridized carbons (Fsp3) is 0.630. The summed E-state index contributed by atoms with van der Waals surface area (Å²) in [5.41, 5.74) is 4.57. The Morgan fingerprint density at radius 1 is 0.667 bits per heavy atom. The highest BCUT2D eigenvalue weighted by atomic mass is 16.6. The lowest BCUT2D eigenvalue weighted by Crippen LogP contribution is -2.36. The Bertz CT molecular complexity index is 1370. The van der Waals surface area contributed by atoms with Crippen molar-refractivity contribution in [2.45, 2.75) is 76.3 Å². The van der Waals surface area contributed by atoms with Gasteiger partial charge in [-0.2, -0.15) is 0 Å². The topological polar surface area (TPSA) is 163 Å². The Morgan fingerprint density at radius 3 is 1.50 bits per heavy atom. The molecule has 15 heteroatoms. The zero-order valence-corrected chi connectivity index (χ0v) is 24.8. The van der Waals surface area contributed by atoms with Crippen molar-refractivity contribution in [2.24, 2.45) is 0 Å². The summed E-state index contributed by atoms with van der Waals surface area (Å²) in [4.78, 5) is 25.6. The van der Waals surface area contributed by atoms with Gasteiger partial charge in [-0.15, -0.1) is 0 Å². The van der Waals surface area contributed by atoms with E-state index in [1.165, 1.54) is 12.7 Å². The van der Waals surface area contributed by atoms with E-state index < -0.39 is 12.3 Å². The first-order chi connectivity index (χ1) is 20.4. The molecule has 42 heavy (non-hydrogen) atoms. The smallest absolute Gasteiger partial charge is 0.166 e. The molecule has 0 amide bonds. The van der Waals surface area contributed by atoms with Crippen molar-refractivity contribution >= 4 is 22.3 Å². The minimum absolute atomic E-state index is 0.00895. The van der Waals surface area contributed by atoms with E-state index in [9.17, 15) is 5.11 Å². The van der Waals surface area contributed by atoms with Crippen molar-refractivity contribution in [1.82, 2.24) is 39.0 Å². The number of hydrogen-bond donors (Lipinski definition) is 1. The summed E-state index contributed by atoms with van der Waals surface area (Å²) in [6, 6.07) is 0. The minimum Gasteiger partial charge on any atom is -0.394 e. The number of ether oxygens (including phenoxy) is 6. The van der Waals surface area contributed by atoms with E-state index in [4.69, 9.17) is 28.4 Å². The zero-order valence-electron chi connectivity index (χ0n) is 24.8. The molecule has 2 fully saturated rings. The molecule has 2 unspecified atom stereocenters. The second-order valence-corrected chi connectivity index (χ2v) is 10.1. The van der Waals surface area contributed by atoms with Gasteiger partial charge < -0.3 is 33.5 Å². The standard InChI is InChI=1S/C14H20N4O3.C13H18N4O4/c1-5-9-11(19-3)12(20-4)14(21-9)18-7-17-10-8(2)15-6-16-13(10)18;1-7-9-12(15-5-14-7)17(6-16-9)13-11(20-3)10(19-2)8(4-18)21-13/h6-7,9,11-12,14H,5H2,1-4H3;5-6,8,10-11,13,18H,4H2,1-3H3/t9-,11?,12+,14-;8-,10?,11+,13-/m11/s1. The number of nitrogens with zero attached hydrogens (tertiary/aromatic N) is 8. The van der Waals surface area contributed by atoms with Crippen LogP contribution in [0.15, 0.2) is 25.3 Å². The summed E-state index contributed by atoms with van der Waals surface area (Å²) in [7, 11) is 6.52. The summed E-state index contributed by atoms with van der Waals surface area (Å²) in [6.45, 7) is 5.72. The van der Waals surface area contributed by atoms with Crippen LogP contribution in [0.5, 0.6) is 0 Å². The van der Waals surface area contributed by atoms with Crippen LogP contribution in [0.1, 0.15) is 37.2 Å². The van der Waals surface area contributed by atoms with Gasteiger partial charge in [0.05, 0.1) is 36.8 Å². The molecule has 4 aromatic rings. The van der Waals surface area contributed by atoms with Crippen molar-refractivity contribution in [2.75, 3.05) is 35.0 Å². The molecule has 2 aliphatic heterocycles. The van der Waals surface area contributed by atoms with Crippen molar-refractivity contribution in [3.63, 3.8) is 0 Å². The summed E-state index contributed by atoms with van der Waals surface area (Å²) in [5.74, 6) is 0. The molecule has 6 heterocycles. The van der Waals surface area contributed by atoms with Gasteiger partial charge in [0.2, 0.25) is 0 Å². The maximum absolute atomic E-state index is 9.44. The van der Waals surface area contributed by atoms with Gasteiger partial charge in [-0.1, -0.05) is 6.92 Å². The van der Waals surface area contributed by atoms with Crippen LogP contribution in [-0.2, 0) is 28.4 Å². The van der Waals surface area contributed by atoms with Gasteiger partial charge in [-0.25, -0.2) is 29.9 Å². The lowest BCUT2D eigenvalue weighted by Gasteiger charge is -2.21. The first-order valence-electron chi connectivity index (χ1n) is 13.7. The molecular formula is C27H38N8O7. The van der Waals surface area contributed by atoms with Gasteiger partial charge in [-0.3, -0.25) is 9.13 Å². The second kappa shape index (κ2) is 13.0. The van der Waals surface area contributed by atoms with E-state index in [-0.39, 0.29) is 43.4 Å². The average molecular weight is 587 g/mol. The molecule has 0 aliphatic carbocycles. The number of imidazole rings is 2. The molecule has 228 valence electrons. The number of methoxy groups -OCH3 is 4. The molecule has 1 N–H and O–H groups in total. The third kappa shape index (κ3) is 5.25. The van der Waals surface area contributed by atoms with E-state index in [0.717, 1.165) is 34.5 Å². The van der Waals surface area contributed by atoms with E-state index in [0.29, 0.717) is 5.65 Å². The summed E-state index contributed by atoms with van der Waals surface area (Å²) < 4.78 is 37.8. The van der Waals surface area contributed by atoms with Crippen LogP contribution in [-0.4, -0.2) is 116 Å². The quantitative estimate of drug-likeness (QED) is 0.316. The molecule has 8 atom stereocenters. The first kappa shape index (κ1) is 30.3. The van der Waals surface area contributed by atoms with E-state index in [2.05, 4.69) is 36.8 Å². The first-order valence-corrected chi connectivity index (χ1v) is 13.7. The predicted octanol–water partition coefficient (Wildman–Crippen LogP) is 1.53. The summed E-state index contributed by atoms with van der Waals surface area (Å²) >= 11 is 0. The van der Waals surface area contributed by atoms with Gasteiger partial charge >= 0.3 is 0 Å². The lowest BCUT2D eigenvalue weighted by molar-refractivity contribution is -0.0583. The maximum Gasteiger partial charge on any atom is 0.166 e. The van der Waals surface area contributed by atoms with E-state index >= 15 is 0 Å². The Hall–Kier alpha value is -3.18. The molecule has 2 saturated heterocycles. The number of aromatic nitrogens is 8. The van der Waals surface area contributed by atoms with E-state index in [1.807, 2.05) is 18.4 Å². The molecule has 2 aliphatic rings. The highest BCUT2D eigenvalue weighted by Crippen LogP contribution is 2.36. The molecule has 0 radical (unpaired) electrons. The third-order valence-electron chi connectivity index (χ3n) is 7.87. The van der Waals surface area contributed by atoms with Gasteiger partial charge in [0.15, 0.2) is 23.8 Å². The highest BCUT2D eigenvalue weighted by Gasteiger charge is 2.47. The number of aliphatic hydroxyl groups excluding tert-OH is 1. The number of hydrogen-bond acceptors (Lipinski definition) is 13. The van der Waals surface area contributed by atoms with Gasteiger partial charge in [-0.05, 0) is 20.3 Å². The molecule has 0 spiro atoms. The molecule has 4 aromatic heterocycles. The number of aliphatic hydroxyl groups is 1. The van der Waals surface area contributed by atoms with Crippen LogP contribution in [0.25, 0.3) is 22.3 Å². The summed E-state index contributed by atoms with van der Waals surface area (Å²) in [6.07, 6.45) is 5.01. The van der Waals surface area contributed by atoms with Gasteiger partial charge in [0.25, 0.3) is 0 Å². The zero-order chi connectivity index (χ0) is 30.0. The number of fused-ring (bicyclic) bond motifs is 2. The van der Waals surface area contributed by atoms with Crippen LogP contribution in [0.4, 0.5) is 0 Å². The minimum atomic E-state index is -0.462. The van der Waals surface area contributed by atoms with Crippen molar-refractivity contribution in [1.29, 1.82) is 0 Å². The third-order valence-corrected chi connectivity index (χ3v) is 7.87. The van der Waals surface area contributed by atoms with Crippen molar-refractivity contribution < 1.29 is 33.5 Å². The Kier molecular flexibility index (Phi) is 9.37. The van der Waals surface area contributed by atoms with Crippen LogP contribution in [0.2, 0.25) is 0 Å². The average Bonchev–Trinajstić information content (AvgIpc) is 3.79. The Balaban J connectivity index is 0.000000168. The fourth-order valence-corrected chi connectivity index (χ4v) is 5.72. The van der Waals surface area contributed by atoms with Crippen molar-refractivity contribution in [3.05, 3.63) is 36.7 Å². The lowest BCUT2D eigenvalue weighted by atomic mass is 10.1. The van der Waals surface area contributed by atoms with Crippen LogP contribution < -0.4 is 0 Å². The van der Waals surface area contributed by atoms with Gasteiger partial charge in [0, 0.05) is 28.4 Å². The molecule has 6 rings (SSSR count). The number of rotatable bonds is 8. The van der Waals surface area contributed by atoms with Crippen LogP contribution in [0.3, 0.4) is 0 Å². The monoisotopic (exact) mass is 586 g/mol. The summed E-state index contributed by atoms with van der Waals surface area (Å²) in [5, 5.41) is 9.44. The SMILES string of the molecule is CC[C@H]1O[C@@H](n2cnc3c(C)ncnc32)[C@@H](OC)C1OC.COC1[C@@H](CO)O[C@@H](n2cnc3c(C)ncnc32)[C@H]1OC. The predicted molar refractivity (Wildman–Crippen MR) is 149 cm³/mol. The largest absolute Gasteiger partial charge is 0.394 e. The molecule has 0 bridgehead atoms. The maximum atomic E-state index is 9.44. The fourth-order valence-electron chi connectivity index (χ4n) is 5.72. The highest BCUT2D eigenvalue weighted by molar-refractivity contribution is 5.73. The van der Waals surface area contributed by atoms with E-state index in [1.54, 1.807) is 45.7 Å². The van der Waals surface area contributed by atoms with Gasteiger partial charge in [0.1, 0.15) is 54.2 Å². The molecule has 0 saturated carbocycles. The Labute approximate surface area is 243 Å².